The van der Waals surface area contributed by atoms with Crippen LogP contribution < -0.4 is 0 Å². The van der Waals surface area contributed by atoms with E-state index in [0.717, 1.165) is 25.3 Å². The van der Waals surface area contributed by atoms with Gasteiger partial charge in [0.2, 0.25) is 0 Å². The van der Waals surface area contributed by atoms with Crippen LogP contribution in [0.25, 0.3) is 20.8 Å². The Kier molecular flexibility index (Phi) is 2.68. The Bertz CT molecular complexity index is 675. The summed E-state index contributed by atoms with van der Waals surface area (Å²) in [5.74, 6) is -0.219. The minimum Gasteiger partial charge on any atom is -0.236 e. The third kappa shape index (κ3) is 2.10. The van der Waals surface area contributed by atoms with Crippen LogP contribution in [0.4, 0.5) is 4.39 Å². The fraction of sp³-hybridized carbons (Fsp3) is 0. The number of aromatic nitrogens is 1. The van der Waals surface area contributed by atoms with Gasteiger partial charge in [-0.25, -0.2) is 9.37 Å². The first-order valence-electron chi connectivity index (χ1n) is 5.04. The number of nitrogens with zero attached hydrogens (tertiary/aromatic N) is 1. The molecular formula is C13H7BrFNS. The molecule has 0 N–H and O–H groups in total. The van der Waals surface area contributed by atoms with Gasteiger partial charge in [-0.1, -0.05) is 28.1 Å². The highest BCUT2D eigenvalue weighted by Crippen LogP contribution is 2.31. The summed E-state index contributed by atoms with van der Waals surface area (Å²) in [5.41, 5.74) is 1.89. The SMILES string of the molecule is Fc1ccc2nc(-c3ccc(Br)cc3)sc2c1. The van der Waals surface area contributed by atoms with E-state index in [1.807, 2.05) is 24.3 Å². The number of rotatable bonds is 1. The van der Waals surface area contributed by atoms with Crippen molar-refractivity contribution >= 4 is 37.5 Å². The average molecular weight is 308 g/mol. The number of hydrogen-bond donors (Lipinski definition) is 0. The van der Waals surface area contributed by atoms with Crippen molar-refractivity contribution < 1.29 is 4.39 Å². The van der Waals surface area contributed by atoms with E-state index in [4.69, 9.17) is 0 Å². The van der Waals surface area contributed by atoms with Crippen molar-refractivity contribution in [2.24, 2.45) is 0 Å². The smallest absolute Gasteiger partial charge is 0.124 e. The Labute approximate surface area is 110 Å². The molecule has 0 spiro atoms. The van der Waals surface area contributed by atoms with Crippen LogP contribution in [0, 0.1) is 5.82 Å². The summed E-state index contributed by atoms with van der Waals surface area (Å²) in [7, 11) is 0. The normalized spacial score (nSPS) is 10.9. The van der Waals surface area contributed by atoms with Crippen molar-refractivity contribution in [2.45, 2.75) is 0 Å². The van der Waals surface area contributed by atoms with E-state index in [9.17, 15) is 4.39 Å². The molecule has 0 fully saturated rings. The van der Waals surface area contributed by atoms with Crippen molar-refractivity contribution in [3.8, 4) is 10.6 Å². The van der Waals surface area contributed by atoms with Crippen LogP contribution in [0.3, 0.4) is 0 Å². The molecule has 3 rings (SSSR count). The minimum atomic E-state index is -0.219. The molecule has 1 nitrogen and oxygen atoms in total. The molecule has 0 saturated heterocycles. The van der Waals surface area contributed by atoms with Gasteiger partial charge in [0, 0.05) is 10.0 Å². The van der Waals surface area contributed by atoms with Crippen LogP contribution in [-0.2, 0) is 0 Å². The molecule has 0 aliphatic carbocycles. The molecule has 0 saturated carbocycles. The molecule has 1 aromatic heterocycles. The highest BCUT2D eigenvalue weighted by molar-refractivity contribution is 9.10. The van der Waals surface area contributed by atoms with Gasteiger partial charge in [-0.2, -0.15) is 0 Å². The molecule has 17 heavy (non-hydrogen) atoms. The molecule has 0 unspecified atom stereocenters. The standard InChI is InChI=1S/C13H7BrFNS/c14-9-3-1-8(2-4-9)13-16-11-6-5-10(15)7-12(11)17-13/h1-7H. The Morgan fingerprint density at radius 1 is 1.06 bits per heavy atom. The van der Waals surface area contributed by atoms with Gasteiger partial charge in [-0.05, 0) is 30.3 Å². The van der Waals surface area contributed by atoms with Crippen LogP contribution in [0.15, 0.2) is 46.9 Å². The monoisotopic (exact) mass is 307 g/mol. The average Bonchev–Trinajstić information content (AvgIpc) is 2.72. The lowest BCUT2D eigenvalue weighted by Gasteiger charge is -1.94. The third-order valence-electron chi connectivity index (χ3n) is 2.44. The fourth-order valence-corrected chi connectivity index (χ4v) is 2.87. The summed E-state index contributed by atoms with van der Waals surface area (Å²) in [5, 5.41) is 0.915. The topological polar surface area (TPSA) is 12.9 Å². The predicted molar refractivity (Wildman–Crippen MR) is 72.7 cm³/mol. The van der Waals surface area contributed by atoms with Crippen molar-refractivity contribution in [3.63, 3.8) is 0 Å². The lowest BCUT2D eigenvalue weighted by atomic mass is 10.2. The van der Waals surface area contributed by atoms with Crippen LogP contribution in [0.5, 0.6) is 0 Å². The molecule has 0 amide bonds. The number of benzene rings is 2. The second-order valence-electron chi connectivity index (χ2n) is 3.64. The van der Waals surface area contributed by atoms with E-state index in [1.165, 1.54) is 23.5 Å². The molecule has 2 aromatic carbocycles. The Balaban J connectivity index is 2.14. The van der Waals surface area contributed by atoms with E-state index in [2.05, 4.69) is 20.9 Å². The van der Waals surface area contributed by atoms with Crippen molar-refractivity contribution in [2.75, 3.05) is 0 Å². The molecular weight excluding hydrogens is 301 g/mol. The predicted octanol–water partition coefficient (Wildman–Crippen LogP) is 4.86. The highest BCUT2D eigenvalue weighted by atomic mass is 79.9. The maximum Gasteiger partial charge on any atom is 0.124 e. The second kappa shape index (κ2) is 4.20. The van der Waals surface area contributed by atoms with Gasteiger partial charge < -0.3 is 0 Å². The Morgan fingerprint density at radius 3 is 2.59 bits per heavy atom. The van der Waals surface area contributed by atoms with Crippen molar-refractivity contribution in [1.29, 1.82) is 0 Å². The van der Waals surface area contributed by atoms with Gasteiger partial charge in [0.15, 0.2) is 0 Å². The number of halogens is 2. The van der Waals surface area contributed by atoms with Crippen molar-refractivity contribution in [1.82, 2.24) is 4.98 Å². The van der Waals surface area contributed by atoms with Gasteiger partial charge >= 0.3 is 0 Å². The number of thiazole rings is 1. The summed E-state index contributed by atoms with van der Waals surface area (Å²) < 4.78 is 15.0. The number of fused-ring (bicyclic) bond motifs is 1. The highest BCUT2D eigenvalue weighted by Gasteiger charge is 2.06. The quantitative estimate of drug-likeness (QED) is 0.625. The van der Waals surface area contributed by atoms with Crippen LogP contribution in [-0.4, -0.2) is 4.98 Å². The second-order valence-corrected chi connectivity index (χ2v) is 5.58. The van der Waals surface area contributed by atoms with E-state index >= 15 is 0 Å². The van der Waals surface area contributed by atoms with Gasteiger partial charge in [-0.15, -0.1) is 11.3 Å². The molecule has 3 aromatic rings. The van der Waals surface area contributed by atoms with Crippen LogP contribution in [0.2, 0.25) is 0 Å². The lowest BCUT2D eigenvalue weighted by Crippen LogP contribution is -1.75. The van der Waals surface area contributed by atoms with Gasteiger partial charge in [-0.3, -0.25) is 0 Å². The van der Waals surface area contributed by atoms with Gasteiger partial charge in [0.25, 0.3) is 0 Å². The summed E-state index contributed by atoms with van der Waals surface area (Å²) in [6.45, 7) is 0. The zero-order chi connectivity index (χ0) is 11.8. The molecule has 0 aliphatic heterocycles. The molecule has 84 valence electrons. The fourth-order valence-electron chi connectivity index (χ4n) is 1.61. The zero-order valence-electron chi connectivity index (χ0n) is 8.65. The zero-order valence-corrected chi connectivity index (χ0v) is 11.1. The number of hydrogen-bond acceptors (Lipinski definition) is 2. The molecule has 0 aliphatic rings. The largest absolute Gasteiger partial charge is 0.236 e. The molecule has 0 bridgehead atoms. The van der Waals surface area contributed by atoms with Gasteiger partial charge in [0.05, 0.1) is 10.2 Å². The molecule has 0 atom stereocenters. The van der Waals surface area contributed by atoms with E-state index in [1.54, 1.807) is 6.07 Å². The van der Waals surface area contributed by atoms with E-state index in [0.29, 0.717) is 0 Å². The maximum atomic E-state index is 13.1. The van der Waals surface area contributed by atoms with E-state index in [-0.39, 0.29) is 5.82 Å². The molecule has 0 radical (unpaired) electrons. The minimum absolute atomic E-state index is 0.219. The first kappa shape index (κ1) is 10.9. The Hall–Kier alpha value is -1.26. The Morgan fingerprint density at radius 2 is 1.82 bits per heavy atom. The summed E-state index contributed by atoms with van der Waals surface area (Å²) in [6, 6.07) is 12.6. The summed E-state index contributed by atoms with van der Waals surface area (Å²) >= 11 is 4.90. The lowest BCUT2D eigenvalue weighted by molar-refractivity contribution is 0.630. The first-order valence-corrected chi connectivity index (χ1v) is 6.65. The third-order valence-corrected chi connectivity index (χ3v) is 4.04. The molecule has 1 heterocycles. The van der Waals surface area contributed by atoms with Crippen LogP contribution in [0.1, 0.15) is 0 Å². The summed E-state index contributed by atoms with van der Waals surface area (Å²) in [4.78, 5) is 4.49. The molecule has 4 heteroatoms. The van der Waals surface area contributed by atoms with Crippen LogP contribution >= 0.6 is 27.3 Å². The summed E-state index contributed by atoms with van der Waals surface area (Å²) in [6.07, 6.45) is 0. The van der Waals surface area contributed by atoms with Crippen molar-refractivity contribution in [3.05, 3.63) is 52.8 Å². The maximum absolute atomic E-state index is 13.1. The van der Waals surface area contributed by atoms with Gasteiger partial charge in [0.1, 0.15) is 10.8 Å². The first-order chi connectivity index (χ1) is 8.22. The van der Waals surface area contributed by atoms with E-state index < -0.39 is 0 Å².